The first-order valence-corrected chi connectivity index (χ1v) is 15.0. The molecule has 0 aliphatic carbocycles. The lowest BCUT2D eigenvalue weighted by Crippen LogP contribution is -2.41. The van der Waals surface area contributed by atoms with Crippen LogP contribution in [0, 0.1) is 10.8 Å². The third-order valence-corrected chi connectivity index (χ3v) is 7.58. The maximum Gasteiger partial charge on any atom is 0.331 e. The van der Waals surface area contributed by atoms with Crippen molar-refractivity contribution in [2.24, 2.45) is 10.8 Å². The number of nitrogens with zero attached hydrogens (tertiary/aromatic N) is 4. The molecule has 0 amide bonds. The van der Waals surface area contributed by atoms with Gasteiger partial charge in [-0.2, -0.15) is 0 Å². The van der Waals surface area contributed by atoms with Crippen molar-refractivity contribution >= 4 is 34.7 Å². The highest BCUT2D eigenvalue weighted by Gasteiger charge is 2.23. The highest BCUT2D eigenvalue weighted by molar-refractivity contribution is 7.80. The zero-order valence-electron chi connectivity index (χ0n) is 25.2. The highest BCUT2D eigenvalue weighted by Crippen LogP contribution is 2.25. The second-order valence-corrected chi connectivity index (χ2v) is 12.6. The monoisotopic (exact) mass is 612 g/mol. The summed E-state index contributed by atoms with van der Waals surface area (Å²) in [5, 5.41) is 34.1. The Labute approximate surface area is 253 Å². The van der Waals surface area contributed by atoms with Crippen molar-refractivity contribution in [3.05, 3.63) is 33.4 Å². The molecule has 0 atom stereocenters. The number of hydrogen-bond acceptors (Lipinski definition) is 6. The van der Waals surface area contributed by atoms with E-state index in [-0.39, 0.29) is 34.0 Å². The molecule has 0 aromatic carbocycles. The minimum atomic E-state index is -0.216. The quantitative estimate of drug-likeness (QED) is 0.123. The Morgan fingerprint density at radius 1 is 0.707 bits per heavy atom. The van der Waals surface area contributed by atoms with Gasteiger partial charge < -0.3 is 31.5 Å². The fraction of sp³-hybridized carbons (Fsp3) is 0.704. The van der Waals surface area contributed by atoms with Crippen molar-refractivity contribution in [2.45, 2.75) is 87.0 Å². The number of rotatable bonds is 16. The van der Waals surface area contributed by atoms with E-state index in [1.54, 1.807) is 0 Å². The van der Waals surface area contributed by atoms with Crippen LogP contribution in [0.3, 0.4) is 0 Å². The Kier molecular flexibility index (Phi) is 12.8. The first-order chi connectivity index (χ1) is 19.2. The van der Waals surface area contributed by atoms with Gasteiger partial charge in [0, 0.05) is 52.4 Å². The zero-order valence-corrected chi connectivity index (χ0v) is 26.9. The summed E-state index contributed by atoms with van der Waals surface area (Å²) in [6.45, 7) is 16.5. The van der Waals surface area contributed by atoms with Crippen LogP contribution in [0.4, 0.5) is 0 Å². The number of aryl methyl sites for hydroxylation is 2. The third-order valence-electron chi connectivity index (χ3n) is 7.00. The maximum absolute atomic E-state index is 12.4. The molecule has 0 bridgehead atoms. The van der Waals surface area contributed by atoms with Gasteiger partial charge in [-0.05, 0) is 68.4 Å². The van der Waals surface area contributed by atoms with E-state index < -0.39 is 0 Å². The summed E-state index contributed by atoms with van der Waals surface area (Å²) in [4.78, 5) is 24.7. The van der Waals surface area contributed by atoms with Crippen LogP contribution in [0.5, 0.6) is 11.8 Å². The van der Waals surface area contributed by atoms with Crippen LogP contribution in [0.1, 0.15) is 60.8 Å². The summed E-state index contributed by atoms with van der Waals surface area (Å²) in [6, 6.07) is 0. The molecule has 6 N–H and O–H groups in total. The van der Waals surface area contributed by atoms with Gasteiger partial charge in [0.05, 0.1) is 12.4 Å². The Hall–Kier alpha value is -3.00. The van der Waals surface area contributed by atoms with Gasteiger partial charge in [0.15, 0.2) is 10.2 Å². The molecule has 0 saturated carbocycles. The predicted molar refractivity (Wildman–Crippen MR) is 171 cm³/mol. The normalized spacial score (nSPS) is 11.9. The molecule has 2 aromatic heterocycles. The van der Waals surface area contributed by atoms with Crippen LogP contribution in [-0.2, 0) is 26.2 Å². The number of aromatic nitrogens is 4. The Morgan fingerprint density at radius 3 is 1.37 bits per heavy atom. The van der Waals surface area contributed by atoms with Crippen molar-refractivity contribution in [1.29, 1.82) is 0 Å². The summed E-state index contributed by atoms with van der Waals surface area (Å²) in [5.74, 6) is -0.0281. The average molecular weight is 613 g/mol. The standard InChI is InChI=1S/C27H48N8O4S2/c1-7-32-16-20(36)34(24(32)38)18-26(3,4)10-14-30-22(40)28-12-9-13-29-23(41)31-15-11-27(5,6)19-35-21(37)17-33(8-2)25(35)39/h16-17,36-37H,7-15,18-19H2,1-6H3,(H2,28,30,40)(H2,29,31,41). The van der Waals surface area contributed by atoms with Crippen molar-refractivity contribution in [1.82, 2.24) is 39.5 Å². The van der Waals surface area contributed by atoms with Crippen LogP contribution < -0.4 is 32.6 Å². The first-order valence-electron chi connectivity index (χ1n) is 14.2. The molecule has 2 aromatic rings. The fourth-order valence-electron chi connectivity index (χ4n) is 4.45. The van der Waals surface area contributed by atoms with Crippen LogP contribution in [0.2, 0.25) is 0 Å². The van der Waals surface area contributed by atoms with Crippen molar-refractivity contribution < 1.29 is 10.2 Å². The predicted octanol–water partition coefficient (Wildman–Crippen LogP) is 1.92. The van der Waals surface area contributed by atoms with Crippen molar-refractivity contribution in [3.8, 4) is 11.8 Å². The molecule has 0 spiro atoms. The number of thiocarbonyl (C=S) groups is 2. The van der Waals surface area contributed by atoms with Gasteiger partial charge in [-0.15, -0.1) is 0 Å². The van der Waals surface area contributed by atoms with E-state index in [2.05, 4.69) is 49.0 Å². The summed E-state index contributed by atoms with van der Waals surface area (Å²) < 4.78 is 5.81. The molecule has 0 unspecified atom stereocenters. The lowest BCUT2D eigenvalue weighted by molar-refractivity contribution is 0.261. The minimum absolute atomic E-state index is 0.0141. The highest BCUT2D eigenvalue weighted by atomic mass is 32.1. The molecule has 2 heterocycles. The van der Waals surface area contributed by atoms with Gasteiger partial charge in [0.2, 0.25) is 11.8 Å². The lowest BCUT2D eigenvalue weighted by Gasteiger charge is -2.25. The molecule has 0 aliphatic heterocycles. The van der Waals surface area contributed by atoms with E-state index in [4.69, 9.17) is 24.4 Å². The second kappa shape index (κ2) is 15.3. The van der Waals surface area contributed by atoms with Gasteiger partial charge in [0.25, 0.3) is 0 Å². The molecule has 0 radical (unpaired) electrons. The molecule has 232 valence electrons. The number of hydrogen-bond donors (Lipinski definition) is 6. The lowest BCUT2D eigenvalue weighted by atomic mass is 9.89. The molecule has 0 fully saturated rings. The van der Waals surface area contributed by atoms with Crippen molar-refractivity contribution in [3.63, 3.8) is 0 Å². The second-order valence-electron chi connectivity index (χ2n) is 11.8. The van der Waals surface area contributed by atoms with Crippen molar-refractivity contribution in [2.75, 3.05) is 26.2 Å². The molecule has 0 aliphatic rings. The van der Waals surface area contributed by atoms with Gasteiger partial charge in [-0.25, -0.2) is 9.59 Å². The molecule has 41 heavy (non-hydrogen) atoms. The summed E-state index contributed by atoms with van der Waals surface area (Å²) in [6.07, 6.45) is 5.28. The summed E-state index contributed by atoms with van der Waals surface area (Å²) >= 11 is 10.8. The Morgan fingerprint density at radius 2 is 1.05 bits per heavy atom. The number of aromatic hydroxyl groups is 2. The summed E-state index contributed by atoms with van der Waals surface area (Å²) in [5.41, 5.74) is -0.834. The van der Waals surface area contributed by atoms with E-state index in [1.165, 1.54) is 30.7 Å². The number of imidazole rings is 2. The smallest absolute Gasteiger partial charge is 0.331 e. The first kappa shape index (κ1) is 34.2. The Balaban J connectivity index is 1.59. The van der Waals surface area contributed by atoms with Gasteiger partial charge in [-0.1, -0.05) is 27.7 Å². The largest absolute Gasteiger partial charge is 0.493 e. The molecule has 0 saturated heterocycles. The average Bonchev–Trinajstić information content (AvgIpc) is 3.31. The van der Waals surface area contributed by atoms with E-state index in [0.29, 0.717) is 62.6 Å². The van der Waals surface area contributed by atoms with Gasteiger partial charge >= 0.3 is 11.4 Å². The molecular weight excluding hydrogens is 564 g/mol. The minimum Gasteiger partial charge on any atom is -0.493 e. The van der Waals surface area contributed by atoms with Gasteiger partial charge in [0.1, 0.15) is 0 Å². The van der Waals surface area contributed by atoms with Gasteiger partial charge in [-0.3, -0.25) is 18.3 Å². The zero-order chi connectivity index (χ0) is 30.8. The van der Waals surface area contributed by atoms with Crippen LogP contribution in [0.25, 0.3) is 0 Å². The van der Waals surface area contributed by atoms with Crippen LogP contribution in [0.15, 0.2) is 22.0 Å². The molecule has 14 heteroatoms. The van der Waals surface area contributed by atoms with E-state index in [0.717, 1.165) is 19.3 Å². The summed E-state index contributed by atoms with van der Waals surface area (Å²) in [7, 11) is 0. The molecule has 12 nitrogen and oxygen atoms in total. The molecular formula is C27H48N8O4S2. The van der Waals surface area contributed by atoms with E-state index in [9.17, 15) is 19.8 Å². The number of nitrogens with one attached hydrogen (secondary N) is 4. The third kappa shape index (κ3) is 10.7. The van der Waals surface area contributed by atoms with E-state index >= 15 is 0 Å². The van der Waals surface area contributed by atoms with Crippen LogP contribution in [-0.4, -0.2) is 64.9 Å². The topological polar surface area (TPSA) is 142 Å². The maximum atomic E-state index is 12.4. The molecule has 2 rings (SSSR count). The van der Waals surface area contributed by atoms with E-state index in [1.807, 2.05) is 13.8 Å². The fourth-order valence-corrected chi connectivity index (χ4v) is 4.85. The SMILES string of the molecule is CCn1cc(O)n(CC(C)(C)CCNC(=S)NCCCNC(=S)NCCC(C)(C)Cn2c(O)cn(CC)c2=O)c1=O. The Bertz CT molecular complexity index is 1180. The van der Waals surface area contributed by atoms with Crippen LogP contribution >= 0.6 is 24.4 Å².